The minimum atomic E-state index is -0.398. The highest BCUT2D eigenvalue weighted by Gasteiger charge is 2.13. The fraction of sp³-hybridized carbons (Fsp3) is 0.125. The predicted molar refractivity (Wildman–Crippen MR) is 119 cm³/mol. The highest BCUT2D eigenvalue weighted by Crippen LogP contribution is 2.27. The first-order valence-electron chi connectivity index (χ1n) is 9.90. The Morgan fingerprint density at radius 3 is 2.61 bits per heavy atom. The summed E-state index contributed by atoms with van der Waals surface area (Å²) in [5.74, 6) is -0.706. The molecule has 1 aromatic heterocycles. The van der Waals surface area contributed by atoms with Crippen molar-refractivity contribution in [3.63, 3.8) is 0 Å². The maximum absolute atomic E-state index is 13.2. The van der Waals surface area contributed by atoms with Gasteiger partial charge in [0.25, 0.3) is 5.91 Å². The van der Waals surface area contributed by atoms with Gasteiger partial charge in [0.2, 0.25) is 0 Å². The summed E-state index contributed by atoms with van der Waals surface area (Å²) in [6.07, 6.45) is 2.41. The number of carbonyl (C=O) groups excluding carboxylic acids is 1. The van der Waals surface area contributed by atoms with Crippen LogP contribution in [-0.2, 0) is 13.0 Å². The molecule has 0 aliphatic heterocycles. The molecule has 0 bridgehead atoms. The molecular weight excluding hydrogens is 393 g/mol. The van der Waals surface area contributed by atoms with Crippen molar-refractivity contribution in [2.45, 2.75) is 19.9 Å². The predicted octanol–water partition coefficient (Wildman–Crippen LogP) is 4.47. The second-order valence-corrected chi connectivity index (χ2v) is 7.37. The lowest BCUT2D eigenvalue weighted by Crippen LogP contribution is -2.14. The van der Waals surface area contributed by atoms with Gasteiger partial charge in [0.1, 0.15) is 5.82 Å². The molecule has 156 valence electrons. The molecule has 0 atom stereocenters. The number of rotatable bonds is 6. The van der Waals surface area contributed by atoms with Crippen LogP contribution in [0.1, 0.15) is 21.6 Å². The minimum Gasteiger partial charge on any atom is -0.397 e. The molecule has 0 unspecified atom stereocenters. The first-order chi connectivity index (χ1) is 15.0. The van der Waals surface area contributed by atoms with Gasteiger partial charge >= 0.3 is 0 Å². The van der Waals surface area contributed by atoms with Gasteiger partial charge < -0.3 is 11.1 Å². The van der Waals surface area contributed by atoms with Gasteiger partial charge in [0.05, 0.1) is 17.6 Å². The normalized spacial score (nSPS) is 10.8. The lowest BCUT2D eigenvalue weighted by Gasteiger charge is -2.10. The Bertz CT molecular complexity index is 1220. The average molecular weight is 415 g/mol. The molecule has 0 saturated carbocycles. The molecule has 31 heavy (non-hydrogen) atoms. The number of anilines is 2. The molecule has 0 radical (unpaired) electrons. The number of nitrogens with zero attached hydrogens (tertiary/aromatic N) is 3. The highest BCUT2D eigenvalue weighted by molar-refractivity contribution is 6.04. The topological polar surface area (TPSA) is 85.8 Å². The Labute approximate surface area is 179 Å². The molecule has 0 aliphatic rings. The zero-order valence-electron chi connectivity index (χ0n) is 17.0. The zero-order chi connectivity index (χ0) is 21.8. The number of halogens is 1. The fourth-order valence-corrected chi connectivity index (χ4v) is 3.30. The summed E-state index contributed by atoms with van der Waals surface area (Å²) in [6, 6.07) is 19.7. The van der Waals surface area contributed by atoms with Gasteiger partial charge in [-0.1, -0.05) is 53.2 Å². The zero-order valence-corrected chi connectivity index (χ0v) is 17.0. The lowest BCUT2D eigenvalue weighted by atomic mass is 10.0. The lowest BCUT2D eigenvalue weighted by molar-refractivity contribution is 0.102. The molecule has 4 aromatic rings. The van der Waals surface area contributed by atoms with Crippen LogP contribution in [0.4, 0.5) is 15.8 Å². The first kappa shape index (κ1) is 20.3. The Morgan fingerprint density at radius 2 is 1.84 bits per heavy atom. The third-order valence-electron chi connectivity index (χ3n) is 4.96. The number of nitrogens with two attached hydrogens (primary N) is 1. The van der Waals surface area contributed by atoms with E-state index in [4.69, 9.17) is 5.73 Å². The van der Waals surface area contributed by atoms with Crippen LogP contribution in [0.3, 0.4) is 0 Å². The molecule has 1 amide bonds. The summed E-state index contributed by atoms with van der Waals surface area (Å²) in [5, 5.41) is 10.8. The molecule has 0 spiro atoms. The van der Waals surface area contributed by atoms with E-state index in [9.17, 15) is 9.18 Å². The number of hydrogen-bond donors (Lipinski definition) is 2. The SMILES string of the molecule is Cc1cccc(CCn2cc(C(=O)Nc3cc(-c4ccc(F)cc4)ccc3N)nn2)c1. The van der Waals surface area contributed by atoms with Gasteiger partial charge in [0, 0.05) is 6.54 Å². The quantitative estimate of drug-likeness (QED) is 0.455. The summed E-state index contributed by atoms with van der Waals surface area (Å²) in [7, 11) is 0. The van der Waals surface area contributed by atoms with Crippen LogP contribution in [0.2, 0.25) is 0 Å². The van der Waals surface area contributed by atoms with E-state index in [1.807, 2.05) is 12.1 Å². The van der Waals surface area contributed by atoms with Crippen molar-refractivity contribution in [3.8, 4) is 11.1 Å². The van der Waals surface area contributed by atoms with Crippen LogP contribution >= 0.6 is 0 Å². The molecular formula is C24H22FN5O. The van der Waals surface area contributed by atoms with Crippen molar-refractivity contribution in [1.29, 1.82) is 0 Å². The third kappa shape index (κ3) is 4.95. The second-order valence-electron chi connectivity index (χ2n) is 7.37. The number of aromatic nitrogens is 3. The first-order valence-corrected chi connectivity index (χ1v) is 9.90. The maximum atomic E-state index is 13.2. The molecule has 0 saturated heterocycles. The van der Waals surface area contributed by atoms with Crippen LogP contribution in [0.5, 0.6) is 0 Å². The molecule has 0 fully saturated rings. The number of benzene rings is 3. The molecule has 3 aromatic carbocycles. The summed E-state index contributed by atoms with van der Waals surface area (Å²) in [6.45, 7) is 2.67. The Hall–Kier alpha value is -4.00. The smallest absolute Gasteiger partial charge is 0.277 e. The molecule has 7 heteroatoms. The van der Waals surface area contributed by atoms with Gasteiger partial charge in [-0.2, -0.15) is 0 Å². The van der Waals surface area contributed by atoms with Crippen LogP contribution in [0.15, 0.2) is 72.9 Å². The molecule has 1 heterocycles. The number of carbonyl (C=O) groups is 1. The Morgan fingerprint density at radius 1 is 1.06 bits per heavy atom. The average Bonchev–Trinajstić information content (AvgIpc) is 3.24. The maximum Gasteiger partial charge on any atom is 0.277 e. The number of nitrogens with one attached hydrogen (secondary N) is 1. The molecule has 6 nitrogen and oxygen atoms in total. The van der Waals surface area contributed by atoms with Crippen LogP contribution in [-0.4, -0.2) is 20.9 Å². The van der Waals surface area contributed by atoms with Crippen molar-refractivity contribution >= 4 is 17.3 Å². The van der Waals surface area contributed by atoms with Crippen molar-refractivity contribution in [3.05, 3.63) is 95.6 Å². The monoisotopic (exact) mass is 415 g/mol. The van der Waals surface area contributed by atoms with Crippen LogP contribution in [0.25, 0.3) is 11.1 Å². The largest absolute Gasteiger partial charge is 0.397 e. The molecule has 4 rings (SSSR count). The van der Waals surface area contributed by atoms with Gasteiger partial charge in [-0.25, -0.2) is 4.39 Å². The van der Waals surface area contributed by atoms with E-state index in [1.165, 1.54) is 23.3 Å². The van der Waals surface area contributed by atoms with Crippen LogP contribution in [0, 0.1) is 12.7 Å². The standard InChI is InChI=1S/C24H22FN5O/c1-16-3-2-4-17(13-16)11-12-30-15-23(28-29-30)24(31)27-22-14-19(7-10-21(22)26)18-5-8-20(25)9-6-18/h2-10,13-15H,11-12,26H2,1H3,(H,27,31). The molecule has 0 aliphatic carbocycles. The van der Waals surface area contributed by atoms with Gasteiger partial charge in [-0.15, -0.1) is 5.10 Å². The van der Waals surface area contributed by atoms with Crippen molar-refractivity contribution < 1.29 is 9.18 Å². The Balaban J connectivity index is 1.45. The van der Waals surface area contributed by atoms with E-state index < -0.39 is 5.91 Å². The summed E-state index contributed by atoms with van der Waals surface area (Å²) in [4.78, 5) is 12.7. The highest BCUT2D eigenvalue weighted by atomic mass is 19.1. The van der Waals surface area contributed by atoms with Crippen molar-refractivity contribution in [2.24, 2.45) is 0 Å². The summed E-state index contributed by atoms with van der Waals surface area (Å²) in [5.41, 5.74) is 11.2. The van der Waals surface area contributed by atoms with E-state index in [2.05, 4.69) is 40.8 Å². The van der Waals surface area contributed by atoms with E-state index in [-0.39, 0.29) is 11.5 Å². The van der Waals surface area contributed by atoms with E-state index in [1.54, 1.807) is 35.1 Å². The summed E-state index contributed by atoms with van der Waals surface area (Å²) >= 11 is 0. The van der Waals surface area contributed by atoms with Crippen LogP contribution < -0.4 is 11.1 Å². The number of hydrogen-bond acceptors (Lipinski definition) is 4. The third-order valence-corrected chi connectivity index (χ3v) is 4.96. The number of nitrogen functional groups attached to an aromatic ring is 1. The van der Waals surface area contributed by atoms with E-state index in [0.717, 1.165) is 17.5 Å². The number of amides is 1. The number of aryl methyl sites for hydroxylation is 3. The van der Waals surface area contributed by atoms with Crippen molar-refractivity contribution in [1.82, 2.24) is 15.0 Å². The fourth-order valence-electron chi connectivity index (χ4n) is 3.30. The van der Waals surface area contributed by atoms with Gasteiger partial charge in [-0.3, -0.25) is 9.48 Å². The van der Waals surface area contributed by atoms with Crippen molar-refractivity contribution in [2.75, 3.05) is 11.1 Å². The van der Waals surface area contributed by atoms with Gasteiger partial charge in [-0.05, 0) is 54.3 Å². The summed E-state index contributed by atoms with van der Waals surface area (Å²) < 4.78 is 14.8. The van der Waals surface area contributed by atoms with E-state index >= 15 is 0 Å². The van der Waals surface area contributed by atoms with Gasteiger partial charge in [0.15, 0.2) is 5.69 Å². The molecule has 3 N–H and O–H groups in total. The Kier molecular flexibility index (Phi) is 5.75. The van der Waals surface area contributed by atoms with E-state index in [0.29, 0.717) is 17.9 Å². The minimum absolute atomic E-state index is 0.204. The second kappa shape index (κ2) is 8.79.